The maximum Gasteiger partial charge on any atom is 0.344 e. The number of esters is 2. The molecule has 0 aromatic heterocycles. The molecule has 0 bridgehead atoms. The van der Waals surface area contributed by atoms with E-state index >= 15 is 0 Å². The van der Waals surface area contributed by atoms with Gasteiger partial charge in [0.15, 0.2) is 0 Å². The maximum atomic E-state index is 11.2. The first kappa shape index (κ1) is 11.9. The van der Waals surface area contributed by atoms with Crippen LogP contribution in [0.3, 0.4) is 0 Å². The summed E-state index contributed by atoms with van der Waals surface area (Å²) in [4.78, 5) is 22.2. The zero-order valence-corrected chi connectivity index (χ0v) is 9.33. The summed E-state index contributed by atoms with van der Waals surface area (Å²) in [7, 11) is 0. The van der Waals surface area contributed by atoms with Gasteiger partial charge >= 0.3 is 11.9 Å². The predicted molar refractivity (Wildman–Crippen MR) is 54.1 cm³/mol. The van der Waals surface area contributed by atoms with Gasteiger partial charge in [-0.15, -0.1) is 0 Å². The summed E-state index contributed by atoms with van der Waals surface area (Å²) < 4.78 is 9.96. The van der Waals surface area contributed by atoms with Crippen LogP contribution in [0, 0.1) is 0 Å². The molecule has 0 atom stereocenters. The summed E-state index contributed by atoms with van der Waals surface area (Å²) in [6.45, 7) is 5.79. The highest BCUT2D eigenvalue weighted by Gasteiger charge is 2.30. The summed E-state index contributed by atoms with van der Waals surface area (Å²) in [6.07, 6.45) is 1.92. The Balaban J connectivity index is 2.58. The van der Waals surface area contributed by atoms with Crippen molar-refractivity contribution in [3.05, 3.63) is 11.1 Å². The Morgan fingerprint density at radius 2 is 1.80 bits per heavy atom. The van der Waals surface area contributed by atoms with Crippen LogP contribution >= 0.6 is 0 Å². The van der Waals surface area contributed by atoms with Crippen molar-refractivity contribution < 1.29 is 19.1 Å². The molecule has 0 spiro atoms. The molecular formula is C11H16O4. The molecule has 84 valence electrons. The molecule has 15 heavy (non-hydrogen) atoms. The molecule has 1 aliphatic heterocycles. The largest absolute Gasteiger partial charge is 0.386 e. The van der Waals surface area contributed by atoms with Crippen molar-refractivity contribution in [1.82, 2.24) is 0 Å². The Bertz CT molecular complexity index is 300. The lowest BCUT2D eigenvalue weighted by atomic mass is 10.1. The normalized spacial score (nSPS) is 16.5. The van der Waals surface area contributed by atoms with Crippen molar-refractivity contribution >= 4 is 11.9 Å². The van der Waals surface area contributed by atoms with Gasteiger partial charge in [0.05, 0.1) is 18.3 Å². The van der Waals surface area contributed by atoms with E-state index in [0.29, 0.717) is 11.1 Å². The topological polar surface area (TPSA) is 52.6 Å². The van der Waals surface area contributed by atoms with E-state index in [1.165, 1.54) is 0 Å². The second-order valence-electron chi connectivity index (χ2n) is 3.53. The Hall–Kier alpha value is -1.16. The molecule has 0 saturated heterocycles. The molecular weight excluding hydrogens is 196 g/mol. The molecule has 0 aromatic carbocycles. The Morgan fingerprint density at radius 3 is 2.20 bits per heavy atom. The quantitative estimate of drug-likeness (QED) is 0.513. The van der Waals surface area contributed by atoms with Crippen LogP contribution < -0.4 is 0 Å². The van der Waals surface area contributed by atoms with Gasteiger partial charge in [-0.05, 0) is 19.8 Å². The molecule has 1 heterocycles. The van der Waals surface area contributed by atoms with Crippen LogP contribution in [-0.4, -0.2) is 24.6 Å². The number of carbonyl (C=O) groups excluding carboxylic acids is 2. The predicted octanol–water partition coefficient (Wildman–Crippen LogP) is 1.59. The van der Waals surface area contributed by atoms with Gasteiger partial charge in [-0.1, -0.05) is 13.8 Å². The molecule has 4 heteroatoms. The molecule has 0 aromatic rings. The number of cyclic esters (lactones) is 2. The monoisotopic (exact) mass is 212 g/mol. The Morgan fingerprint density at radius 1 is 1.20 bits per heavy atom. The third kappa shape index (κ3) is 2.65. The molecule has 0 unspecified atom stereocenters. The van der Waals surface area contributed by atoms with Crippen LogP contribution in [-0.2, 0) is 19.1 Å². The van der Waals surface area contributed by atoms with Crippen molar-refractivity contribution in [1.29, 1.82) is 0 Å². The van der Waals surface area contributed by atoms with Crippen molar-refractivity contribution in [2.75, 3.05) is 6.61 Å². The van der Waals surface area contributed by atoms with Crippen molar-refractivity contribution in [3.63, 3.8) is 0 Å². The lowest BCUT2D eigenvalue weighted by Gasteiger charge is -2.13. The molecule has 0 fully saturated rings. The van der Waals surface area contributed by atoms with Gasteiger partial charge in [-0.2, -0.15) is 0 Å². The zero-order valence-electron chi connectivity index (χ0n) is 9.33. The lowest BCUT2D eigenvalue weighted by Crippen LogP contribution is -2.15. The maximum absolute atomic E-state index is 11.2. The van der Waals surface area contributed by atoms with Crippen molar-refractivity contribution in [2.45, 2.75) is 39.7 Å². The van der Waals surface area contributed by atoms with Crippen LogP contribution in [0.15, 0.2) is 11.1 Å². The lowest BCUT2D eigenvalue weighted by molar-refractivity contribution is -0.151. The van der Waals surface area contributed by atoms with Gasteiger partial charge in [-0.3, -0.25) is 0 Å². The Kier molecular flexibility index (Phi) is 4.03. The number of rotatable bonds is 5. The second-order valence-corrected chi connectivity index (χ2v) is 3.53. The van der Waals surface area contributed by atoms with Gasteiger partial charge in [-0.25, -0.2) is 9.59 Å². The summed E-state index contributed by atoms with van der Waals surface area (Å²) in [5.74, 6) is -1.12. The third-order valence-electron chi connectivity index (χ3n) is 2.56. The van der Waals surface area contributed by atoms with E-state index in [1.54, 1.807) is 6.92 Å². The molecule has 0 amide bonds. The molecule has 0 saturated carbocycles. The van der Waals surface area contributed by atoms with Crippen LogP contribution in [0.1, 0.15) is 33.6 Å². The van der Waals surface area contributed by atoms with Gasteiger partial charge < -0.3 is 9.47 Å². The van der Waals surface area contributed by atoms with Crippen LogP contribution in [0.5, 0.6) is 0 Å². The standard InChI is InChI=1S/C11H16O4/c1-4-8(5-2)14-6-9-7(3)10(12)15-11(9)13/h8H,4-6H2,1-3H3. The second kappa shape index (κ2) is 5.07. The van der Waals surface area contributed by atoms with E-state index in [-0.39, 0.29) is 12.7 Å². The van der Waals surface area contributed by atoms with E-state index in [2.05, 4.69) is 4.74 Å². The third-order valence-corrected chi connectivity index (χ3v) is 2.56. The summed E-state index contributed by atoms with van der Waals surface area (Å²) in [5.41, 5.74) is 0.720. The minimum absolute atomic E-state index is 0.133. The highest BCUT2D eigenvalue weighted by molar-refractivity contribution is 6.12. The molecule has 4 nitrogen and oxygen atoms in total. The van der Waals surface area contributed by atoms with E-state index in [9.17, 15) is 9.59 Å². The summed E-state index contributed by atoms with van der Waals surface area (Å²) >= 11 is 0. The van der Waals surface area contributed by atoms with Gasteiger partial charge in [0.25, 0.3) is 0 Å². The SMILES string of the molecule is CCC(CC)OCC1=C(C)C(=O)OC1=O. The number of hydrogen-bond donors (Lipinski definition) is 0. The Labute approximate surface area is 89.2 Å². The van der Waals surface area contributed by atoms with E-state index in [4.69, 9.17) is 4.74 Å². The number of carbonyl (C=O) groups is 2. The van der Waals surface area contributed by atoms with Crippen LogP contribution in [0.4, 0.5) is 0 Å². The van der Waals surface area contributed by atoms with E-state index < -0.39 is 11.9 Å². The average molecular weight is 212 g/mol. The van der Waals surface area contributed by atoms with Gasteiger partial charge in [0, 0.05) is 5.57 Å². The summed E-state index contributed by atoms with van der Waals surface area (Å²) in [6, 6.07) is 0. The first-order valence-electron chi connectivity index (χ1n) is 5.18. The van der Waals surface area contributed by atoms with Crippen molar-refractivity contribution in [3.8, 4) is 0 Å². The smallest absolute Gasteiger partial charge is 0.344 e. The average Bonchev–Trinajstić information content (AvgIpc) is 2.45. The minimum atomic E-state index is -0.566. The zero-order chi connectivity index (χ0) is 11.4. The molecule has 1 aliphatic rings. The molecule has 0 N–H and O–H groups in total. The van der Waals surface area contributed by atoms with Crippen LogP contribution in [0.25, 0.3) is 0 Å². The van der Waals surface area contributed by atoms with Gasteiger partial charge in [0.1, 0.15) is 0 Å². The highest BCUT2D eigenvalue weighted by Crippen LogP contribution is 2.18. The fourth-order valence-corrected chi connectivity index (χ4v) is 1.39. The van der Waals surface area contributed by atoms with E-state index in [1.807, 2.05) is 13.8 Å². The molecule has 0 radical (unpaired) electrons. The fourth-order valence-electron chi connectivity index (χ4n) is 1.39. The molecule has 0 aliphatic carbocycles. The number of ether oxygens (including phenoxy) is 2. The van der Waals surface area contributed by atoms with Crippen LogP contribution in [0.2, 0.25) is 0 Å². The highest BCUT2D eigenvalue weighted by atomic mass is 16.6. The number of hydrogen-bond acceptors (Lipinski definition) is 4. The van der Waals surface area contributed by atoms with Crippen molar-refractivity contribution in [2.24, 2.45) is 0 Å². The van der Waals surface area contributed by atoms with E-state index in [0.717, 1.165) is 12.8 Å². The summed E-state index contributed by atoms with van der Waals surface area (Å²) in [5, 5.41) is 0. The first-order chi connectivity index (χ1) is 7.10. The molecule has 1 rings (SSSR count). The minimum Gasteiger partial charge on any atom is -0.386 e. The first-order valence-corrected chi connectivity index (χ1v) is 5.18. The van der Waals surface area contributed by atoms with Gasteiger partial charge in [0.2, 0.25) is 0 Å². The fraction of sp³-hybridized carbons (Fsp3) is 0.636.